The number of ether oxygens (including phenoxy) is 3. The number of rotatable bonds is 8. The lowest BCUT2D eigenvalue weighted by Crippen LogP contribution is -2.36. The summed E-state index contributed by atoms with van der Waals surface area (Å²) < 4.78 is 16.8. The van der Waals surface area contributed by atoms with Crippen molar-refractivity contribution in [2.75, 3.05) is 27.3 Å². The van der Waals surface area contributed by atoms with Crippen LogP contribution in [-0.4, -0.2) is 43.3 Å². The Morgan fingerprint density at radius 3 is 2.50 bits per heavy atom. The minimum Gasteiger partial charge on any atom is -0.493 e. The Hall–Kier alpha value is -2.41. The summed E-state index contributed by atoms with van der Waals surface area (Å²) in [5.41, 5.74) is 3.41. The third-order valence-corrected chi connectivity index (χ3v) is 6.37. The van der Waals surface area contributed by atoms with Crippen LogP contribution in [-0.2, 0) is 17.9 Å². The molecule has 0 N–H and O–H groups in total. The van der Waals surface area contributed by atoms with Crippen LogP contribution >= 0.6 is 11.3 Å². The SMILES string of the molecule is COc1ccc(-c2nc(CN3CCC(OCc4ccccc4)CC3)cs2)cc1OC. The second kappa shape index (κ2) is 10.1. The standard InChI is InChI=1S/C24H28N2O3S/c1-27-22-9-8-19(14-23(22)28-2)24-25-20(17-30-24)15-26-12-10-21(11-13-26)29-16-18-6-4-3-5-7-18/h3-9,14,17,21H,10-13,15-16H2,1-2H3. The summed E-state index contributed by atoms with van der Waals surface area (Å²) in [7, 11) is 3.30. The Kier molecular flexibility index (Phi) is 7.00. The average Bonchev–Trinajstić information content (AvgIpc) is 3.27. The number of thiazole rings is 1. The summed E-state index contributed by atoms with van der Waals surface area (Å²) in [6, 6.07) is 16.3. The van der Waals surface area contributed by atoms with Gasteiger partial charge in [-0.05, 0) is 36.6 Å². The van der Waals surface area contributed by atoms with Crippen LogP contribution in [0.4, 0.5) is 0 Å². The fourth-order valence-corrected chi connectivity index (χ4v) is 4.54. The van der Waals surface area contributed by atoms with Gasteiger partial charge in [0.1, 0.15) is 5.01 Å². The molecule has 2 aromatic carbocycles. The van der Waals surface area contributed by atoms with E-state index >= 15 is 0 Å². The zero-order valence-corrected chi connectivity index (χ0v) is 18.4. The summed E-state index contributed by atoms with van der Waals surface area (Å²) in [5.74, 6) is 1.46. The normalized spacial score (nSPS) is 15.3. The molecular weight excluding hydrogens is 396 g/mol. The zero-order valence-electron chi connectivity index (χ0n) is 17.5. The van der Waals surface area contributed by atoms with Gasteiger partial charge in [-0.3, -0.25) is 4.90 Å². The maximum Gasteiger partial charge on any atom is 0.161 e. The highest BCUT2D eigenvalue weighted by molar-refractivity contribution is 7.13. The molecule has 0 spiro atoms. The van der Waals surface area contributed by atoms with Gasteiger partial charge < -0.3 is 14.2 Å². The van der Waals surface area contributed by atoms with Crippen molar-refractivity contribution in [1.82, 2.24) is 9.88 Å². The fraction of sp³-hybridized carbons (Fsp3) is 0.375. The Bertz CT molecular complexity index is 937. The second-order valence-electron chi connectivity index (χ2n) is 7.49. The molecule has 1 fully saturated rings. The third-order valence-electron chi connectivity index (χ3n) is 5.43. The number of aromatic nitrogens is 1. The highest BCUT2D eigenvalue weighted by Gasteiger charge is 2.20. The minimum atomic E-state index is 0.346. The van der Waals surface area contributed by atoms with Crippen molar-refractivity contribution in [3.05, 3.63) is 65.2 Å². The Balaban J connectivity index is 1.29. The molecule has 0 amide bonds. The van der Waals surface area contributed by atoms with Gasteiger partial charge in [0.2, 0.25) is 0 Å². The van der Waals surface area contributed by atoms with Crippen LogP contribution in [0.2, 0.25) is 0 Å². The smallest absolute Gasteiger partial charge is 0.161 e. The number of nitrogens with zero attached hydrogens (tertiary/aromatic N) is 2. The van der Waals surface area contributed by atoms with Crippen LogP contribution in [0, 0.1) is 0 Å². The van der Waals surface area contributed by atoms with E-state index in [4.69, 9.17) is 19.2 Å². The van der Waals surface area contributed by atoms with Crippen molar-refractivity contribution in [3.8, 4) is 22.1 Å². The summed E-state index contributed by atoms with van der Waals surface area (Å²) in [5, 5.41) is 3.16. The topological polar surface area (TPSA) is 43.8 Å². The van der Waals surface area contributed by atoms with Crippen molar-refractivity contribution in [1.29, 1.82) is 0 Å². The molecule has 0 aliphatic carbocycles. The van der Waals surface area contributed by atoms with Gasteiger partial charge in [-0.15, -0.1) is 11.3 Å². The van der Waals surface area contributed by atoms with E-state index in [0.29, 0.717) is 12.7 Å². The summed E-state index contributed by atoms with van der Waals surface area (Å²) in [6.07, 6.45) is 2.48. The quantitative estimate of drug-likeness (QED) is 0.509. The first-order valence-corrected chi connectivity index (χ1v) is 11.2. The van der Waals surface area contributed by atoms with E-state index < -0.39 is 0 Å². The van der Waals surface area contributed by atoms with Gasteiger partial charge in [0, 0.05) is 30.6 Å². The van der Waals surface area contributed by atoms with Crippen molar-refractivity contribution in [2.45, 2.75) is 32.1 Å². The van der Waals surface area contributed by atoms with Gasteiger partial charge in [-0.2, -0.15) is 0 Å². The highest BCUT2D eigenvalue weighted by atomic mass is 32.1. The predicted octanol–water partition coefficient (Wildman–Crippen LogP) is 5.01. The van der Waals surface area contributed by atoms with Crippen LogP contribution in [0.15, 0.2) is 53.9 Å². The van der Waals surface area contributed by atoms with Crippen LogP contribution in [0.25, 0.3) is 10.6 Å². The molecule has 1 aliphatic heterocycles. The van der Waals surface area contributed by atoms with Crippen molar-refractivity contribution >= 4 is 11.3 Å². The monoisotopic (exact) mass is 424 g/mol. The lowest BCUT2D eigenvalue weighted by Gasteiger charge is -2.31. The molecule has 0 bridgehead atoms. The fourth-order valence-electron chi connectivity index (χ4n) is 3.73. The van der Waals surface area contributed by atoms with Crippen LogP contribution in [0.1, 0.15) is 24.1 Å². The highest BCUT2D eigenvalue weighted by Crippen LogP contribution is 2.33. The molecule has 0 radical (unpaired) electrons. The zero-order chi connectivity index (χ0) is 20.8. The van der Waals surface area contributed by atoms with Gasteiger partial charge in [0.15, 0.2) is 11.5 Å². The van der Waals surface area contributed by atoms with Gasteiger partial charge in [0.05, 0.1) is 32.6 Å². The van der Waals surface area contributed by atoms with E-state index in [1.165, 1.54) is 5.56 Å². The van der Waals surface area contributed by atoms with E-state index in [2.05, 4.69) is 34.5 Å². The van der Waals surface area contributed by atoms with E-state index in [0.717, 1.165) is 60.2 Å². The molecule has 3 aromatic rings. The van der Waals surface area contributed by atoms with E-state index in [1.807, 2.05) is 24.3 Å². The molecule has 1 aromatic heterocycles. The van der Waals surface area contributed by atoms with Gasteiger partial charge >= 0.3 is 0 Å². The summed E-state index contributed by atoms with van der Waals surface area (Å²) in [4.78, 5) is 7.32. The van der Waals surface area contributed by atoms with Crippen molar-refractivity contribution in [3.63, 3.8) is 0 Å². The molecule has 30 heavy (non-hydrogen) atoms. The molecule has 2 heterocycles. The summed E-state index contributed by atoms with van der Waals surface area (Å²) >= 11 is 1.67. The van der Waals surface area contributed by atoms with Crippen molar-refractivity contribution < 1.29 is 14.2 Å². The molecule has 5 nitrogen and oxygen atoms in total. The number of piperidine rings is 1. The Morgan fingerprint density at radius 1 is 1.00 bits per heavy atom. The number of likely N-dealkylation sites (tertiary alicyclic amines) is 1. The van der Waals surface area contributed by atoms with E-state index in [1.54, 1.807) is 25.6 Å². The molecule has 1 aliphatic rings. The molecular formula is C24H28N2O3S. The predicted molar refractivity (Wildman–Crippen MR) is 120 cm³/mol. The number of hydrogen-bond acceptors (Lipinski definition) is 6. The lowest BCUT2D eigenvalue weighted by molar-refractivity contribution is -0.00411. The van der Waals surface area contributed by atoms with Crippen LogP contribution in [0.3, 0.4) is 0 Å². The molecule has 1 saturated heterocycles. The van der Waals surface area contributed by atoms with Gasteiger partial charge in [0.25, 0.3) is 0 Å². The van der Waals surface area contributed by atoms with Crippen LogP contribution in [0.5, 0.6) is 11.5 Å². The van der Waals surface area contributed by atoms with E-state index in [-0.39, 0.29) is 0 Å². The molecule has 6 heteroatoms. The molecule has 0 unspecified atom stereocenters. The second-order valence-corrected chi connectivity index (χ2v) is 8.34. The number of hydrogen-bond donors (Lipinski definition) is 0. The maximum absolute atomic E-state index is 6.11. The lowest BCUT2D eigenvalue weighted by atomic mass is 10.1. The first-order valence-electron chi connectivity index (χ1n) is 10.3. The van der Waals surface area contributed by atoms with E-state index in [9.17, 15) is 0 Å². The Labute approximate surface area is 182 Å². The molecule has 158 valence electrons. The first-order chi connectivity index (χ1) is 14.7. The summed E-state index contributed by atoms with van der Waals surface area (Å²) in [6.45, 7) is 3.67. The van der Waals surface area contributed by atoms with Gasteiger partial charge in [-0.25, -0.2) is 4.98 Å². The molecule has 4 rings (SSSR count). The number of methoxy groups -OCH3 is 2. The Morgan fingerprint density at radius 2 is 1.77 bits per heavy atom. The first kappa shape index (κ1) is 20.8. The largest absolute Gasteiger partial charge is 0.493 e. The minimum absolute atomic E-state index is 0.346. The van der Waals surface area contributed by atoms with Gasteiger partial charge in [-0.1, -0.05) is 30.3 Å². The van der Waals surface area contributed by atoms with Crippen molar-refractivity contribution in [2.24, 2.45) is 0 Å². The molecule has 0 saturated carbocycles. The third kappa shape index (κ3) is 5.19. The maximum atomic E-state index is 6.11. The number of benzene rings is 2. The molecule has 0 atom stereocenters. The average molecular weight is 425 g/mol. The van der Waals surface area contributed by atoms with Crippen LogP contribution < -0.4 is 9.47 Å².